The van der Waals surface area contributed by atoms with Gasteiger partial charge in [0.1, 0.15) is 42.4 Å². The van der Waals surface area contributed by atoms with Crippen molar-refractivity contribution in [3.05, 3.63) is 46.3 Å². The number of rotatable bonds is 15. The summed E-state index contributed by atoms with van der Waals surface area (Å²) in [5, 5.41) is 79.2. The lowest BCUT2D eigenvalue weighted by Crippen LogP contribution is -2.62. The summed E-state index contributed by atoms with van der Waals surface area (Å²) < 4.78 is 53.8. The maximum absolute atomic E-state index is 15.0. The second-order valence-electron chi connectivity index (χ2n) is 21.6. The van der Waals surface area contributed by atoms with Crippen LogP contribution in [0.15, 0.2) is 30.5 Å². The third kappa shape index (κ3) is 14.0. The van der Waals surface area contributed by atoms with E-state index in [1.165, 1.54) is 43.0 Å². The fourth-order valence-electron chi connectivity index (χ4n) is 11.3. The van der Waals surface area contributed by atoms with Crippen LogP contribution >= 0.6 is 0 Å². The molecule has 0 radical (unpaired) electrons. The van der Waals surface area contributed by atoms with E-state index in [-0.39, 0.29) is 44.0 Å². The predicted molar refractivity (Wildman–Crippen MR) is 259 cm³/mol. The lowest BCUT2D eigenvalue weighted by Gasteiger charge is -2.51. The topological polar surface area (TPSA) is 254 Å². The van der Waals surface area contributed by atoms with Crippen LogP contribution in [0.5, 0.6) is 5.75 Å². The number of aromatic nitrogens is 3. The molecule has 5 rings (SSSR count). The van der Waals surface area contributed by atoms with Crippen molar-refractivity contribution in [3.8, 4) is 5.75 Å². The quantitative estimate of drug-likeness (QED) is 0.0969. The summed E-state index contributed by atoms with van der Waals surface area (Å²) in [6.07, 6.45) is -7.23. The smallest absolute Gasteiger partial charge is 0.309 e. The third-order valence-electron chi connectivity index (χ3n) is 15.6. The standard InChI is InChI=1S/C50H83FN6O14/c1-14-40-50(10,63)43(59)32(6)55(12)24-28(2)22-48(8,62)45(30(4)41(31(5)46(61)70-40)39-23-49(9,66-13)44(60)33(7)69-39)71-47-42(58)38(21-29(3)68-47)54(11)20-19-35-26-56(53-52-35)25-34(51)27-67-37-17-15-36(16-18-37)57(64)65/h15-18,26,28-34,38-45,47,58-60,62-63H,14,19-25,27H2,1-13H3/t28-,29-,30+,31-,32-,33+,34+,38+,39-,40-,41?,42-,43-,44+,45-,47+,48-,49-,50-/m1/s1. The van der Waals surface area contributed by atoms with Crippen LogP contribution in [-0.4, -0.2) is 192 Å². The molecular weight excluding hydrogens is 928 g/mol. The fraction of sp³-hybridized carbons (Fsp3) is 0.820. The van der Waals surface area contributed by atoms with Crippen molar-refractivity contribution in [2.75, 3.05) is 40.9 Å². The number of hydrogen-bond acceptors (Lipinski definition) is 18. The monoisotopic (exact) mass is 1010 g/mol. The minimum Gasteiger partial charge on any atom is -0.490 e. The van der Waals surface area contributed by atoms with Crippen LogP contribution in [0.3, 0.4) is 0 Å². The molecule has 1 unspecified atom stereocenters. The summed E-state index contributed by atoms with van der Waals surface area (Å²) >= 11 is 0. The number of ether oxygens (including phenoxy) is 6. The number of likely N-dealkylation sites (N-methyl/N-ethyl adjacent to an activating group) is 2. The molecule has 0 saturated carbocycles. The molecular formula is C50H83FN6O14. The molecule has 5 N–H and O–H groups in total. The molecule has 71 heavy (non-hydrogen) atoms. The average Bonchev–Trinajstić information content (AvgIpc) is 3.76. The van der Waals surface area contributed by atoms with E-state index in [0.717, 1.165) is 0 Å². The maximum atomic E-state index is 15.0. The predicted octanol–water partition coefficient (Wildman–Crippen LogP) is 3.70. The third-order valence-corrected chi connectivity index (χ3v) is 15.6. The zero-order valence-corrected chi connectivity index (χ0v) is 44.0. The molecule has 19 atom stereocenters. The number of nitro groups is 1. The SMILES string of the molecule is CC[C@H]1OC(=O)[C@H](C)C([C@H]2C[C@@](C)(OC)[C@@H](O)[C@H](C)O2)[C@H](C)[C@@H](O[C@@H]2O[C@H](C)C[C@H](N(C)CCc3cn(C[C@H](F)COc4ccc([N+](=O)[O-])cc4)nn3)[C@H]2O)[C@](C)(O)C[C@@H](C)CN(C)[C@H](C)[C@@H](O)[C@]1(C)O. The van der Waals surface area contributed by atoms with Gasteiger partial charge in [0, 0.05) is 69.4 Å². The highest BCUT2D eigenvalue weighted by atomic mass is 19.1. The number of non-ortho nitro benzene ring substituents is 1. The number of aliphatic hydroxyl groups is 5. The minimum atomic E-state index is -1.84. The Morgan fingerprint density at radius 3 is 2.31 bits per heavy atom. The molecule has 3 aliphatic heterocycles. The Kier molecular flexibility index (Phi) is 19.9. The van der Waals surface area contributed by atoms with Crippen molar-refractivity contribution in [2.24, 2.45) is 23.7 Å². The fourth-order valence-corrected chi connectivity index (χ4v) is 11.3. The van der Waals surface area contributed by atoms with Gasteiger partial charge in [0.15, 0.2) is 12.5 Å². The van der Waals surface area contributed by atoms with Crippen LogP contribution in [0, 0.1) is 33.8 Å². The number of cyclic esters (lactones) is 1. The van der Waals surface area contributed by atoms with Crippen LogP contribution in [0.2, 0.25) is 0 Å². The van der Waals surface area contributed by atoms with E-state index in [1.807, 2.05) is 44.7 Å². The second-order valence-corrected chi connectivity index (χ2v) is 21.6. The average molecular weight is 1010 g/mol. The van der Waals surface area contributed by atoms with Gasteiger partial charge >= 0.3 is 5.97 Å². The van der Waals surface area contributed by atoms with Crippen LogP contribution in [0.25, 0.3) is 0 Å². The van der Waals surface area contributed by atoms with Crippen molar-refractivity contribution < 1.29 is 68.1 Å². The highest BCUT2D eigenvalue weighted by Crippen LogP contribution is 2.45. The molecule has 21 heteroatoms. The molecule has 1 aromatic carbocycles. The highest BCUT2D eigenvalue weighted by molar-refractivity contribution is 5.73. The van der Waals surface area contributed by atoms with Gasteiger partial charge in [-0.3, -0.25) is 14.9 Å². The molecule has 404 valence electrons. The number of methoxy groups -OCH3 is 1. The Labute approximate surface area is 418 Å². The van der Waals surface area contributed by atoms with Crippen LogP contribution in [0.4, 0.5) is 10.1 Å². The summed E-state index contributed by atoms with van der Waals surface area (Å²) in [4.78, 5) is 28.9. The van der Waals surface area contributed by atoms with Gasteiger partial charge < -0.3 is 63.8 Å². The Morgan fingerprint density at radius 1 is 1.03 bits per heavy atom. The second kappa shape index (κ2) is 24.2. The molecule has 3 aliphatic rings. The van der Waals surface area contributed by atoms with Crippen LogP contribution in [-0.2, 0) is 41.4 Å². The number of halogens is 1. The first-order chi connectivity index (χ1) is 33.1. The van der Waals surface area contributed by atoms with Gasteiger partial charge in [-0.2, -0.15) is 0 Å². The van der Waals surface area contributed by atoms with E-state index in [0.29, 0.717) is 37.4 Å². The van der Waals surface area contributed by atoms with Crippen molar-refractivity contribution in [1.29, 1.82) is 0 Å². The lowest BCUT2D eigenvalue weighted by atomic mass is 9.68. The van der Waals surface area contributed by atoms with Gasteiger partial charge in [-0.15, -0.1) is 5.10 Å². The van der Waals surface area contributed by atoms with Crippen molar-refractivity contribution in [3.63, 3.8) is 0 Å². The molecule has 1 aromatic heterocycles. The summed E-state index contributed by atoms with van der Waals surface area (Å²) in [6.45, 7) is 18.1. The Hall–Kier alpha value is -3.48. The van der Waals surface area contributed by atoms with E-state index in [9.17, 15) is 44.8 Å². The molecule has 20 nitrogen and oxygen atoms in total. The molecule has 0 amide bonds. The Bertz CT molecular complexity index is 2020. The first-order valence-corrected chi connectivity index (χ1v) is 25.2. The number of hydrogen-bond donors (Lipinski definition) is 5. The Balaban J connectivity index is 1.39. The Morgan fingerprint density at radius 2 is 1.69 bits per heavy atom. The molecule has 4 heterocycles. The van der Waals surface area contributed by atoms with Crippen LogP contribution < -0.4 is 4.74 Å². The van der Waals surface area contributed by atoms with Crippen molar-refractivity contribution in [2.45, 2.75) is 198 Å². The zero-order chi connectivity index (χ0) is 52.9. The highest BCUT2D eigenvalue weighted by Gasteiger charge is 2.55. The van der Waals surface area contributed by atoms with Gasteiger partial charge in [0.05, 0.1) is 58.7 Å². The number of esters is 1. The summed E-state index contributed by atoms with van der Waals surface area (Å²) in [7, 11) is 5.21. The van der Waals surface area contributed by atoms with E-state index in [2.05, 4.69) is 10.3 Å². The number of alkyl halides is 1. The van der Waals surface area contributed by atoms with E-state index in [1.54, 1.807) is 47.7 Å². The van der Waals surface area contributed by atoms with E-state index < -0.39 is 119 Å². The van der Waals surface area contributed by atoms with Crippen LogP contribution in [0.1, 0.15) is 101 Å². The molecule has 0 spiro atoms. The number of carbonyl (C=O) groups excluding carboxylic acids is 1. The molecule has 0 aliphatic carbocycles. The summed E-state index contributed by atoms with van der Waals surface area (Å²) in [6, 6.07) is 4.32. The van der Waals surface area contributed by atoms with E-state index >= 15 is 0 Å². The number of nitrogens with zero attached hydrogens (tertiary/aromatic N) is 6. The zero-order valence-electron chi connectivity index (χ0n) is 44.0. The summed E-state index contributed by atoms with van der Waals surface area (Å²) in [5.41, 5.74) is -4.05. The number of carbonyl (C=O) groups is 1. The van der Waals surface area contributed by atoms with Gasteiger partial charge in [0.25, 0.3) is 5.69 Å². The number of aliphatic hydroxyl groups excluding tert-OH is 3. The molecule has 0 bridgehead atoms. The normalized spacial score (nSPS) is 39.8. The largest absolute Gasteiger partial charge is 0.490 e. The van der Waals surface area contributed by atoms with Gasteiger partial charge in [-0.1, -0.05) is 32.9 Å². The molecule has 2 aromatic rings. The number of benzene rings is 1. The minimum absolute atomic E-state index is 0.0982. The van der Waals surface area contributed by atoms with Gasteiger partial charge in [-0.25, -0.2) is 9.07 Å². The van der Waals surface area contributed by atoms with Gasteiger partial charge in [-0.05, 0) is 98.9 Å². The lowest BCUT2D eigenvalue weighted by molar-refractivity contribution is -0.384. The molecule has 3 fully saturated rings. The van der Waals surface area contributed by atoms with E-state index in [4.69, 9.17) is 28.4 Å². The maximum Gasteiger partial charge on any atom is 0.309 e. The number of nitro benzene ring substituents is 1. The van der Waals surface area contributed by atoms with Crippen molar-refractivity contribution >= 4 is 11.7 Å². The van der Waals surface area contributed by atoms with Gasteiger partial charge in [0.2, 0.25) is 0 Å². The van der Waals surface area contributed by atoms with Crippen molar-refractivity contribution in [1.82, 2.24) is 24.8 Å². The first-order valence-electron chi connectivity index (χ1n) is 25.2. The summed E-state index contributed by atoms with van der Waals surface area (Å²) in [5.74, 6) is -3.00. The first kappa shape index (κ1) is 58.4. The molecule has 3 saturated heterocycles.